The number of carbonyl (C=O) groups excluding carboxylic acids is 1. The van der Waals surface area contributed by atoms with E-state index < -0.39 is 0 Å². The first-order valence-corrected chi connectivity index (χ1v) is 8.66. The summed E-state index contributed by atoms with van der Waals surface area (Å²) in [4.78, 5) is 17.6. The molecule has 7 heteroatoms. The van der Waals surface area contributed by atoms with Gasteiger partial charge in [0.1, 0.15) is 0 Å². The minimum atomic E-state index is -0.382. The normalized spacial score (nSPS) is 11.3. The highest BCUT2D eigenvalue weighted by atomic mass is 79.9. The van der Waals surface area contributed by atoms with Crippen LogP contribution < -0.4 is 5.73 Å². The molecule has 0 bridgehead atoms. The Morgan fingerprint density at radius 2 is 2.00 bits per heavy atom. The van der Waals surface area contributed by atoms with Crippen molar-refractivity contribution in [3.63, 3.8) is 0 Å². The number of pyridine rings is 1. The summed E-state index contributed by atoms with van der Waals surface area (Å²) in [7, 11) is 0. The van der Waals surface area contributed by atoms with E-state index in [1.807, 2.05) is 31.2 Å². The lowest BCUT2D eigenvalue weighted by Crippen LogP contribution is -2.15. The van der Waals surface area contributed by atoms with Crippen LogP contribution in [0, 0.1) is 6.92 Å². The number of hydrogen-bond donors (Lipinski definition) is 1. The second kappa shape index (κ2) is 5.82. The van der Waals surface area contributed by atoms with Crippen LogP contribution in [0.2, 0.25) is 5.02 Å². The van der Waals surface area contributed by atoms with Crippen molar-refractivity contribution >= 4 is 61.2 Å². The number of nitrogens with zero attached hydrogens (tertiary/aromatic N) is 3. The van der Waals surface area contributed by atoms with Crippen LogP contribution in [-0.2, 0) is 0 Å². The topological polar surface area (TPSA) is 73.8 Å². The molecule has 2 heterocycles. The number of rotatable bonds is 1. The largest absolute Gasteiger partial charge is 0.382 e. The first-order chi connectivity index (χ1) is 11.9. The molecule has 25 heavy (non-hydrogen) atoms. The van der Waals surface area contributed by atoms with Gasteiger partial charge in [-0.1, -0.05) is 39.7 Å². The Kier molecular flexibility index (Phi) is 3.74. The van der Waals surface area contributed by atoms with E-state index in [1.54, 1.807) is 18.2 Å². The molecular weight excluding hydrogens is 404 g/mol. The van der Waals surface area contributed by atoms with Crippen molar-refractivity contribution in [3.8, 4) is 0 Å². The minimum absolute atomic E-state index is 0.254. The van der Waals surface area contributed by atoms with Gasteiger partial charge in [0.2, 0.25) is 0 Å². The molecule has 0 spiro atoms. The zero-order valence-corrected chi connectivity index (χ0v) is 15.5. The lowest BCUT2D eigenvalue weighted by atomic mass is 10.1. The Bertz CT molecular complexity index is 1170. The van der Waals surface area contributed by atoms with E-state index in [9.17, 15) is 4.79 Å². The van der Waals surface area contributed by atoms with Gasteiger partial charge >= 0.3 is 0 Å². The SMILES string of the molecule is Cc1ccc2cc3c(N)nn(C(=O)c4cc(Br)ccc4Cl)c3nc2c1. The van der Waals surface area contributed by atoms with Crippen molar-refractivity contribution in [2.24, 2.45) is 0 Å². The maximum atomic E-state index is 12.9. The summed E-state index contributed by atoms with van der Waals surface area (Å²) in [6.45, 7) is 1.99. The molecule has 4 rings (SSSR count). The van der Waals surface area contributed by atoms with Gasteiger partial charge < -0.3 is 5.73 Å². The molecule has 0 radical (unpaired) electrons. The highest BCUT2D eigenvalue weighted by Crippen LogP contribution is 2.27. The Balaban J connectivity index is 1.98. The molecule has 0 fully saturated rings. The van der Waals surface area contributed by atoms with Gasteiger partial charge in [-0.25, -0.2) is 4.98 Å². The summed E-state index contributed by atoms with van der Waals surface area (Å²) in [6, 6.07) is 12.9. The monoisotopic (exact) mass is 414 g/mol. The molecule has 124 valence electrons. The van der Waals surface area contributed by atoms with Gasteiger partial charge in [0, 0.05) is 9.86 Å². The lowest BCUT2D eigenvalue weighted by Gasteiger charge is -2.05. The van der Waals surface area contributed by atoms with Crippen LogP contribution in [0.4, 0.5) is 5.82 Å². The van der Waals surface area contributed by atoms with E-state index in [2.05, 4.69) is 26.0 Å². The highest BCUT2D eigenvalue weighted by molar-refractivity contribution is 9.10. The van der Waals surface area contributed by atoms with Crippen molar-refractivity contribution in [1.82, 2.24) is 14.8 Å². The van der Waals surface area contributed by atoms with Gasteiger partial charge in [0.15, 0.2) is 11.5 Å². The molecule has 0 saturated carbocycles. The van der Waals surface area contributed by atoms with Crippen molar-refractivity contribution in [3.05, 3.63) is 63.1 Å². The minimum Gasteiger partial charge on any atom is -0.382 e. The first-order valence-electron chi connectivity index (χ1n) is 7.49. The van der Waals surface area contributed by atoms with Crippen molar-refractivity contribution in [1.29, 1.82) is 0 Å². The van der Waals surface area contributed by atoms with Crippen LogP contribution in [0.15, 0.2) is 46.9 Å². The van der Waals surface area contributed by atoms with Crippen molar-refractivity contribution in [2.45, 2.75) is 6.92 Å². The van der Waals surface area contributed by atoms with E-state index in [4.69, 9.17) is 17.3 Å². The van der Waals surface area contributed by atoms with Crippen LogP contribution in [0.5, 0.6) is 0 Å². The molecule has 0 amide bonds. The van der Waals surface area contributed by atoms with Crippen molar-refractivity contribution < 1.29 is 4.79 Å². The summed E-state index contributed by atoms with van der Waals surface area (Å²) in [6.07, 6.45) is 0. The smallest absolute Gasteiger partial charge is 0.281 e. The number of anilines is 1. The number of carbonyl (C=O) groups is 1. The third-order valence-electron chi connectivity index (χ3n) is 3.99. The Hall–Kier alpha value is -2.44. The number of halogens is 2. The zero-order valence-electron chi connectivity index (χ0n) is 13.1. The average Bonchev–Trinajstić information content (AvgIpc) is 2.90. The predicted molar refractivity (Wildman–Crippen MR) is 103 cm³/mol. The number of nitrogens with two attached hydrogens (primary N) is 1. The fourth-order valence-corrected chi connectivity index (χ4v) is 3.30. The standard InChI is InChI=1S/C18H12BrClN4O/c1-9-2-3-10-7-13-16(21)23-24(17(13)22-15(10)6-9)18(25)12-8-11(19)4-5-14(12)20/h2-8H,1H3,(H2,21,23). The number of benzene rings is 2. The van der Waals surface area contributed by atoms with E-state index >= 15 is 0 Å². The predicted octanol–water partition coefficient (Wildman–Crippen LogP) is 4.58. The summed E-state index contributed by atoms with van der Waals surface area (Å²) in [5.74, 6) is -0.128. The Labute approximate surface area is 156 Å². The molecule has 5 nitrogen and oxygen atoms in total. The lowest BCUT2D eigenvalue weighted by molar-refractivity contribution is 0.0950. The van der Waals surface area contributed by atoms with Gasteiger partial charge in [-0.05, 0) is 42.8 Å². The Morgan fingerprint density at radius 3 is 2.80 bits per heavy atom. The molecule has 2 aromatic carbocycles. The molecule has 0 saturated heterocycles. The number of nitrogen functional groups attached to an aromatic ring is 1. The molecule has 0 aliphatic heterocycles. The van der Waals surface area contributed by atoms with Crippen LogP contribution in [0.3, 0.4) is 0 Å². The van der Waals surface area contributed by atoms with Gasteiger partial charge in [0.25, 0.3) is 5.91 Å². The second-order valence-corrected chi connectivity index (χ2v) is 7.10. The molecular formula is C18H12BrClN4O. The number of aromatic nitrogens is 3. The first kappa shape index (κ1) is 16.1. The number of hydrogen-bond acceptors (Lipinski definition) is 4. The molecule has 2 aromatic heterocycles. The maximum Gasteiger partial charge on any atom is 0.281 e. The van der Waals surface area contributed by atoms with Gasteiger partial charge in [-0.3, -0.25) is 4.79 Å². The molecule has 2 N–H and O–H groups in total. The van der Waals surface area contributed by atoms with Crippen LogP contribution in [0.1, 0.15) is 15.9 Å². The van der Waals surface area contributed by atoms with E-state index in [0.717, 1.165) is 20.9 Å². The fourth-order valence-electron chi connectivity index (χ4n) is 2.74. The van der Waals surface area contributed by atoms with Gasteiger partial charge in [-0.2, -0.15) is 4.68 Å². The second-order valence-electron chi connectivity index (χ2n) is 5.78. The van der Waals surface area contributed by atoms with Crippen molar-refractivity contribution in [2.75, 3.05) is 5.73 Å². The molecule has 0 aliphatic carbocycles. The molecule has 0 atom stereocenters. The maximum absolute atomic E-state index is 12.9. The summed E-state index contributed by atoms with van der Waals surface area (Å²) >= 11 is 9.53. The molecule has 4 aromatic rings. The number of fused-ring (bicyclic) bond motifs is 2. The van der Waals surface area contributed by atoms with Crippen LogP contribution >= 0.6 is 27.5 Å². The van der Waals surface area contributed by atoms with E-state index in [0.29, 0.717) is 21.6 Å². The molecule has 0 unspecified atom stereocenters. The molecule has 0 aliphatic rings. The number of aryl methyl sites for hydroxylation is 1. The van der Waals surface area contributed by atoms with Crippen LogP contribution in [0.25, 0.3) is 21.9 Å². The quantitative estimate of drug-likeness (QED) is 0.494. The highest BCUT2D eigenvalue weighted by Gasteiger charge is 2.20. The third kappa shape index (κ3) is 2.67. The zero-order chi connectivity index (χ0) is 17.7. The third-order valence-corrected chi connectivity index (χ3v) is 4.81. The summed E-state index contributed by atoms with van der Waals surface area (Å²) in [5.41, 5.74) is 8.62. The average molecular weight is 416 g/mol. The van der Waals surface area contributed by atoms with Crippen LogP contribution in [-0.4, -0.2) is 20.7 Å². The van der Waals surface area contributed by atoms with E-state index in [1.165, 1.54) is 4.68 Å². The fraction of sp³-hybridized carbons (Fsp3) is 0.0556. The Morgan fingerprint density at radius 1 is 1.20 bits per heavy atom. The van der Waals surface area contributed by atoms with Gasteiger partial charge in [-0.15, -0.1) is 5.10 Å². The van der Waals surface area contributed by atoms with E-state index in [-0.39, 0.29) is 11.7 Å². The summed E-state index contributed by atoms with van der Waals surface area (Å²) in [5, 5.41) is 6.11. The van der Waals surface area contributed by atoms with Gasteiger partial charge in [0.05, 0.1) is 21.5 Å². The summed E-state index contributed by atoms with van der Waals surface area (Å²) < 4.78 is 1.96.